The molecule has 0 aliphatic carbocycles. The maximum absolute atomic E-state index is 10.8. The van der Waals surface area contributed by atoms with Gasteiger partial charge in [-0.15, -0.1) is 0 Å². The Bertz CT molecular complexity index is 216. The molecule has 0 bridgehead atoms. The number of ketones is 1. The van der Waals surface area contributed by atoms with E-state index in [0.29, 0.717) is 0 Å². The van der Waals surface area contributed by atoms with Crippen LogP contribution in [-0.2, 0) is 23.9 Å². The number of carbonyl (C=O) groups excluding carboxylic acids is 3. The van der Waals surface area contributed by atoms with Crippen molar-refractivity contribution in [3.05, 3.63) is 0 Å². The second-order valence-corrected chi connectivity index (χ2v) is 2.42. The molecule has 0 aromatic heterocycles. The van der Waals surface area contributed by atoms with Crippen molar-refractivity contribution < 1.29 is 23.9 Å². The lowest BCUT2D eigenvalue weighted by molar-refractivity contribution is -0.172. The van der Waals surface area contributed by atoms with Crippen LogP contribution in [0.4, 0.5) is 0 Å². The smallest absolute Gasteiger partial charge is 0.347 e. The van der Waals surface area contributed by atoms with Gasteiger partial charge in [0.2, 0.25) is 6.10 Å². The molecule has 0 aromatic rings. The Morgan fingerprint density at radius 1 is 1.58 bits per heavy atom. The van der Waals surface area contributed by atoms with E-state index in [1.165, 1.54) is 7.11 Å². The van der Waals surface area contributed by atoms with Crippen molar-refractivity contribution in [3.63, 3.8) is 0 Å². The number of ether oxygens (including phenoxy) is 2. The summed E-state index contributed by atoms with van der Waals surface area (Å²) in [5, 5.41) is 0. The van der Waals surface area contributed by atoms with Crippen LogP contribution in [0.25, 0.3) is 0 Å². The molecule has 1 atom stereocenters. The molecule has 5 nitrogen and oxygen atoms in total. The minimum atomic E-state index is -1.04. The molecule has 1 saturated heterocycles. The second kappa shape index (κ2) is 3.34. The van der Waals surface area contributed by atoms with Gasteiger partial charge in [0.1, 0.15) is 12.2 Å². The summed E-state index contributed by atoms with van der Waals surface area (Å²) >= 11 is 0. The van der Waals surface area contributed by atoms with E-state index in [0.717, 1.165) is 0 Å². The highest BCUT2D eigenvalue weighted by Gasteiger charge is 2.32. The number of esters is 2. The molecule has 1 unspecified atom stereocenters. The molecule has 0 saturated carbocycles. The third-order valence-corrected chi connectivity index (χ3v) is 1.49. The lowest BCUT2D eigenvalue weighted by Gasteiger charge is -2.18. The van der Waals surface area contributed by atoms with Crippen LogP contribution >= 0.6 is 0 Å². The lowest BCUT2D eigenvalue weighted by atomic mass is 10.1. The molecule has 1 rings (SSSR count). The van der Waals surface area contributed by atoms with Crippen molar-refractivity contribution in [1.29, 1.82) is 0 Å². The first kappa shape index (κ1) is 8.70. The van der Waals surface area contributed by atoms with Gasteiger partial charge in [-0.3, -0.25) is 9.59 Å². The van der Waals surface area contributed by atoms with Crippen molar-refractivity contribution >= 4 is 17.7 Å². The molecule has 66 valence electrons. The molecule has 5 heteroatoms. The zero-order valence-electron chi connectivity index (χ0n) is 6.53. The summed E-state index contributed by atoms with van der Waals surface area (Å²) in [5.41, 5.74) is 0. The van der Waals surface area contributed by atoms with Gasteiger partial charge in [0, 0.05) is 0 Å². The Morgan fingerprint density at radius 3 is 2.75 bits per heavy atom. The second-order valence-electron chi connectivity index (χ2n) is 2.42. The number of methoxy groups -OCH3 is 1. The summed E-state index contributed by atoms with van der Waals surface area (Å²) in [6.45, 7) is 0. The number of cyclic esters (lactones) is 1. The Labute approximate surface area is 68.6 Å². The molecular formula is C7H8O5. The van der Waals surface area contributed by atoms with E-state index in [1.807, 2.05) is 0 Å². The topological polar surface area (TPSA) is 69.7 Å². The van der Waals surface area contributed by atoms with Crippen LogP contribution in [0.5, 0.6) is 0 Å². The van der Waals surface area contributed by atoms with Gasteiger partial charge in [0.25, 0.3) is 0 Å². The van der Waals surface area contributed by atoms with Gasteiger partial charge in [0.05, 0.1) is 13.5 Å². The van der Waals surface area contributed by atoms with E-state index in [9.17, 15) is 14.4 Å². The minimum Gasteiger partial charge on any atom is -0.466 e. The van der Waals surface area contributed by atoms with Gasteiger partial charge < -0.3 is 9.47 Å². The Balaban J connectivity index is 2.61. The molecule has 0 N–H and O–H groups in total. The van der Waals surface area contributed by atoms with Crippen LogP contribution in [0.15, 0.2) is 0 Å². The summed E-state index contributed by atoms with van der Waals surface area (Å²) in [4.78, 5) is 32.3. The van der Waals surface area contributed by atoms with Crippen molar-refractivity contribution in [2.45, 2.75) is 18.9 Å². The van der Waals surface area contributed by atoms with E-state index in [-0.39, 0.29) is 18.6 Å². The fraction of sp³-hybridized carbons (Fsp3) is 0.571. The van der Waals surface area contributed by atoms with E-state index in [1.54, 1.807) is 0 Å². The van der Waals surface area contributed by atoms with Gasteiger partial charge in [-0.1, -0.05) is 0 Å². The van der Waals surface area contributed by atoms with Crippen LogP contribution < -0.4 is 0 Å². The molecule has 0 radical (unpaired) electrons. The maximum atomic E-state index is 10.8. The van der Waals surface area contributed by atoms with Gasteiger partial charge in [-0.25, -0.2) is 4.79 Å². The van der Waals surface area contributed by atoms with Crippen molar-refractivity contribution in [2.75, 3.05) is 7.11 Å². The third kappa shape index (κ3) is 1.81. The number of Topliss-reactive ketones (excluding diaryl/α,β-unsaturated/α-hetero) is 1. The average molecular weight is 172 g/mol. The first-order valence-electron chi connectivity index (χ1n) is 3.42. The number of hydrogen-bond acceptors (Lipinski definition) is 5. The molecule has 1 aliphatic rings. The van der Waals surface area contributed by atoms with E-state index >= 15 is 0 Å². The van der Waals surface area contributed by atoms with Crippen LogP contribution in [-0.4, -0.2) is 30.9 Å². The number of rotatable bonds is 1. The van der Waals surface area contributed by atoms with Crippen molar-refractivity contribution in [2.24, 2.45) is 0 Å². The van der Waals surface area contributed by atoms with E-state index < -0.39 is 18.0 Å². The predicted octanol–water partition coefficient (Wildman–Crippen LogP) is -0.566. The largest absolute Gasteiger partial charge is 0.466 e. The Hall–Kier alpha value is -1.39. The van der Waals surface area contributed by atoms with Crippen molar-refractivity contribution in [3.8, 4) is 0 Å². The number of hydrogen-bond donors (Lipinski definition) is 0. The van der Waals surface area contributed by atoms with E-state index in [4.69, 9.17) is 0 Å². The molecule has 0 aromatic carbocycles. The predicted molar refractivity (Wildman–Crippen MR) is 36.1 cm³/mol. The van der Waals surface area contributed by atoms with Crippen LogP contribution in [0.1, 0.15) is 12.8 Å². The quantitative estimate of drug-likeness (QED) is 0.391. The average Bonchev–Trinajstić information content (AvgIpc) is 2.01. The highest BCUT2D eigenvalue weighted by molar-refractivity contribution is 6.01. The van der Waals surface area contributed by atoms with Gasteiger partial charge in [0.15, 0.2) is 0 Å². The van der Waals surface area contributed by atoms with E-state index in [2.05, 4.69) is 9.47 Å². The molecule has 1 fully saturated rings. The monoisotopic (exact) mass is 172 g/mol. The van der Waals surface area contributed by atoms with Gasteiger partial charge >= 0.3 is 11.9 Å². The minimum absolute atomic E-state index is 0.0710. The Morgan fingerprint density at radius 2 is 2.25 bits per heavy atom. The Kier molecular flexibility index (Phi) is 2.42. The van der Waals surface area contributed by atoms with Crippen LogP contribution in [0.2, 0.25) is 0 Å². The summed E-state index contributed by atoms with van der Waals surface area (Å²) in [5.74, 6) is -1.64. The zero-order chi connectivity index (χ0) is 9.14. The highest BCUT2D eigenvalue weighted by Crippen LogP contribution is 2.11. The van der Waals surface area contributed by atoms with Crippen molar-refractivity contribution in [1.82, 2.24) is 0 Å². The zero-order valence-corrected chi connectivity index (χ0v) is 6.53. The lowest BCUT2D eigenvalue weighted by Crippen LogP contribution is -2.36. The summed E-state index contributed by atoms with van der Waals surface area (Å²) in [6.07, 6.45) is -1.35. The third-order valence-electron chi connectivity index (χ3n) is 1.49. The number of carbonyl (C=O) groups is 3. The normalized spacial score (nSPS) is 23.2. The first-order valence-corrected chi connectivity index (χ1v) is 3.42. The SMILES string of the molecule is COC(=O)C1CC(=O)CC(=O)O1. The van der Waals surface area contributed by atoms with Crippen LogP contribution in [0.3, 0.4) is 0 Å². The molecular weight excluding hydrogens is 164 g/mol. The fourth-order valence-electron chi connectivity index (χ4n) is 0.945. The fourth-order valence-corrected chi connectivity index (χ4v) is 0.945. The van der Waals surface area contributed by atoms with Crippen LogP contribution in [0, 0.1) is 0 Å². The van der Waals surface area contributed by atoms with Gasteiger partial charge in [-0.2, -0.15) is 0 Å². The highest BCUT2D eigenvalue weighted by atomic mass is 16.6. The molecule has 0 spiro atoms. The summed E-state index contributed by atoms with van der Waals surface area (Å²) < 4.78 is 8.89. The van der Waals surface area contributed by atoms with Gasteiger partial charge in [-0.05, 0) is 0 Å². The standard InChI is InChI=1S/C7H8O5/c1-11-7(10)5-2-4(8)3-6(9)12-5/h5H,2-3H2,1H3. The first-order chi connectivity index (χ1) is 5.63. The maximum Gasteiger partial charge on any atom is 0.347 e. The molecule has 1 aliphatic heterocycles. The molecule has 1 heterocycles. The summed E-state index contributed by atoms with van der Waals surface area (Å²) in [7, 11) is 1.18. The molecule has 12 heavy (non-hydrogen) atoms. The molecule has 0 amide bonds. The summed E-state index contributed by atoms with van der Waals surface area (Å²) in [6, 6.07) is 0.